The number of carbonyl (C=O) groups is 1. The van der Waals surface area contributed by atoms with Gasteiger partial charge >= 0.3 is 0 Å². The number of ether oxygens (including phenoxy) is 1. The van der Waals surface area contributed by atoms with Crippen LogP contribution in [0.1, 0.15) is 64.7 Å². The van der Waals surface area contributed by atoms with Crippen LogP contribution in [0.4, 0.5) is 0 Å². The molecule has 0 aliphatic heterocycles. The van der Waals surface area contributed by atoms with E-state index < -0.39 is 0 Å². The number of carbonyl (C=O) groups excluding carboxylic acids is 1. The normalized spacial score (nSPS) is 27.9. The zero-order valence-corrected chi connectivity index (χ0v) is 13.5. The van der Waals surface area contributed by atoms with Crippen molar-refractivity contribution in [3.05, 3.63) is 0 Å². The molecule has 0 bridgehead atoms. The molecule has 2 rings (SSSR count). The van der Waals surface area contributed by atoms with Crippen molar-refractivity contribution >= 4 is 5.91 Å². The Bertz CT molecular complexity index is 327. The summed E-state index contributed by atoms with van der Waals surface area (Å²) in [6, 6.07) is 0.231. The summed E-state index contributed by atoms with van der Waals surface area (Å²) in [4.78, 5) is 12.2. The Labute approximate surface area is 129 Å². The minimum absolute atomic E-state index is 0.194. The monoisotopic (exact) mass is 296 g/mol. The Morgan fingerprint density at radius 1 is 1.29 bits per heavy atom. The van der Waals surface area contributed by atoms with E-state index in [0.717, 1.165) is 39.0 Å². The summed E-state index contributed by atoms with van der Waals surface area (Å²) in [5.74, 6) is 0.591. The highest BCUT2D eigenvalue weighted by Crippen LogP contribution is 2.40. The van der Waals surface area contributed by atoms with Crippen LogP contribution in [0.3, 0.4) is 0 Å². The fourth-order valence-electron chi connectivity index (χ4n) is 3.99. The highest BCUT2D eigenvalue weighted by molar-refractivity contribution is 5.76. The molecule has 1 amide bonds. The van der Waals surface area contributed by atoms with Crippen LogP contribution in [0.25, 0.3) is 0 Å². The topological polar surface area (TPSA) is 64.3 Å². The van der Waals surface area contributed by atoms with Gasteiger partial charge in [0.25, 0.3) is 0 Å². The van der Waals surface area contributed by atoms with Crippen molar-refractivity contribution in [1.82, 2.24) is 5.32 Å². The molecule has 4 nitrogen and oxygen atoms in total. The first-order valence-corrected chi connectivity index (χ1v) is 8.75. The first kappa shape index (κ1) is 16.8. The summed E-state index contributed by atoms with van der Waals surface area (Å²) < 4.78 is 5.52. The van der Waals surface area contributed by atoms with Gasteiger partial charge in [-0.15, -0.1) is 0 Å². The fraction of sp³-hybridized carbons (Fsp3) is 0.941. The molecule has 2 aliphatic rings. The van der Waals surface area contributed by atoms with E-state index in [-0.39, 0.29) is 17.4 Å². The minimum Gasteiger partial charge on any atom is -0.382 e. The Balaban J connectivity index is 1.74. The third kappa shape index (κ3) is 4.96. The van der Waals surface area contributed by atoms with Crippen molar-refractivity contribution < 1.29 is 9.53 Å². The van der Waals surface area contributed by atoms with Gasteiger partial charge in [-0.3, -0.25) is 4.79 Å². The molecule has 2 aliphatic carbocycles. The van der Waals surface area contributed by atoms with Crippen LogP contribution >= 0.6 is 0 Å². The quantitative estimate of drug-likeness (QED) is 0.677. The molecule has 0 aromatic rings. The van der Waals surface area contributed by atoms with Crippen LogP contribution in [0.5, 0.6) is 0 Å². The van der Waals surface area contributed by atoms with Crippen molar-refractivity contribution in [1.29, 1.82) is 0 Å². The predicted molar refractivity (Wildman–Crippen MR) is 85.0 cm³/mol. The molecular weight excluding hydrogens is 264 g/mol. The zero-order chi connectivity index (χ0) is 15.1. The standard InChI is InChI=1S/C17H32N2O2/c1-2-21-11-10-17(8-3-4-9-17)13-19-16(20)12-14-6-5-7-15(14)18/h14-15H,2-13,18H2,1H3,(H,19,20)/t14-,15+/m0/s1. The molecule has 0 saturated heterocycles. The lowest BCUT2D eigenvalue weighted by atomic mass is 9.82. The maximum Gasteiger partial charge on any atom is 0.220 e. The maximum absolute atomic E-state index is 12.2. The molecule has 2 fully saturated rings. The SMILES string of the molecule is CCOCCC1(CNC(=O)C[C@@H]2CCC[C@H]2N)CCCC1. The van der Waals surface area contributed by atoms with E-state index in [9.17, 15) is 4.79 Å². The van der Waals surface area contributed by atoms with Crippen LogP contribution in [-0.4, -0.2) is 31.7 Å². The summed E-state index contributed by atoms with van der Waals surface area (Å²) in [6.45, 7) is 4.46. The average molecular weight is 296 g/mol. The second-order valence-corrected chi connectivity index (χ2v) is 6.99. The summed E-state index contributed by atoms with van der Waals surface area (Å²) in [7, 11) is 0. The van der Waals surface area contributed by atoms with E-state index in [1.807, 2.05) is 6.92 Å². The molecule has 3 N–H and O–H groups in total. The van der Waals surface area contributed by atoms with Crippen molar-refractivity contribution in [3.8, 4) is 0 Å². The molecular formula is C17H32N2O2. The van der Waals surface area contributed by atoms with E-state index in [4.69, 9.17) is 10.5 Å². The summed E-state index contributed by atoms with van der Waals surface area (Å²) >= 11 is 0. The molecule has 122 valence electrons. The van der Waals surface area contributed by atoms with E-state index >= 15 is 0 Å². The first-order valence-electron chi connectivity index (χ1n) is 8.75. The minimum atomic E-state index is 0.194. The molecule has 0 radical (unpaired) electrons. The first-order chi connectivity index (χ1) is 10.2. The van der Waals surface area contributed by atoms with Gasteiger partial charge < -0.3 is 15.8 Å². The second-order valence-electron chi connectivity index (χ2n) is 6.99. The van der Waals surface area contributed by atoms with E-state index in [0.29, 0.717) is 12.3 Å². The number of rotatable bonds is 8. The Morgan fingerprint density at radius 2 is 2.05 bits per heavy atom. The van der Waals surface area contributed by atoms with Crippen molar-refractivity contribution in [2.24, 2.45) is 17.1 Å². The van der Waals surface area contributed by atoms with Crippen molar-refractivity contribution in [2.45, 2.75) is 70.8 Å². The molecule has 0 spiro atoms. The second kappa shape index (κ2) is 8.14. The number of amides is 1. The van der Waals surface area contributed by atoms with Crippen molar-refractivity contribution in [3.63, 3.8) is 0 Å². The van der Waals surface area contributed by atoms with Crippen molar-refractivity contribution in [2.75, 3.05) is 19.8 Å². The Hall–Kier alpha value is -0.610. The predicted octanol–water partition coefficient (Wildman–Crippen LogP) is 2.61. The lowest BCUT2D eigenvalue weighted by Crippen LogP contribution is -2.38. The average Bonchev–Trinajstić information content (AvgIpc) is 3.08. The molecule has 21 heavy (non-hydrogen) atoms. The summed E-state index contributed by atoms with van der Waals surface area (Å²) in [5, 5.41) is 3.19. The molecule has 0 unspecified atom stereocenters. The Kier molecular flexibility index (Phi) is 6.49. The third-order valence-electron chi connectivity index (χ3n) is 5.47. The maximum atomic E-state index is 12.2. The van der Waals surface area contributed by atoms with E-state index in [2.05, 4.69) is 5.32 Å². The summed E-state index contributed by atoms with van der Waals surface area (Å²) in [5.41, 5.74) is 6.34. The number of hydrogen-bond acceptors (Lipinski definition) is 3. The van der Waals surface area contributed by atoms with Gasteiger partial charge in [0.15, 0.2) is 0 Å². The van der Waals surface area contributed by atoms with Crippen LogP contribution in [0.15, 0.2) is 0 Å². The van der Waals surface area contributed by atoms with Gasteiger partial charge in [-0.25, -0.2) is 0 Å². The Morgan fingerprint density at radius 3 is 2.67 bits per heavy atom. The van der Waals surface area contributed by atoms with Gasteiger partial charge in [-0.2, -0.15) is 0 Å². The highest BCUT2D eigenvalue weighted by atomic mass is 16.5. The zero-order valence-electron chi connectivity index (χ0n) is 13.5. The lowest BCUT2D eigenvalue weighted by Gasteiger charge is -2.29. The number of hydrogen-bond donors (Lipinski definition) is 2. The van der Waals surface area contributed by atoms with Gasteiger partial charge in [0.05, 0.1) is 0 Å². The van der Waals surface area contributed by atoms with Gasteiger partial charge in [0.2, 0.25) is 5.91 Å². The third-order valence-corrected chi connectivity index (χ3v) is 5.47. The number of nitrogens with one attached hydrogen (secondary N) is 1. The molecule has 4 heteroatoms. The largest absolute Gasteiger partial charge is 0.382 e. The van der Waals surface area contributed by atoms with Crippen LogP contribution < -0.4 is 11.1 Å². The number of nitrogens with two attached hydrogens (primary N) is 1. The fourth-order valence-corrected chi connectivity index (χ4v) is 3.99. The molecule has 2 saturated carbocycles. The summed E-state index contributed by atoms with van der Waals surface area (Å²) in [6.07, 6.45) is 10.1. The highest BCUT2D eigenvalue weighted by Gasteiger charge is 2.34. The molecule has 2 atom stereocenters. The van der Waals surface area contributed by atoms with Gasteiger partial charge in [0, 0.05) is 32.2 Å². The van der Waals surface area contributed by atoms with Gasteiger partial charge in [0.1, 0.15) is 0 Å². The van der Waals surface area contributed by atoms with Crippen LogP contribution in [0, 0.1) is 11.3 Å². The smallest absolute Gasteiger partial charge is 0.220 e. The lowest BCUT2D eigenvalue weighted by molar-refractivity contribution is -0.122. The molecule has 0 aromatic heterocycles. The molecule has 0 heterocycles. The van der Waals surface area contributed by atoms with Crippen LogP contribution in [0.2, 0.25) is 0 Å². The van der Waals surface area contributed by atoms with Gasteiger partial charge in [-0.05, 0) is 50.4 Å². The van der Waals surface area contributed by atoms with Crippen LogP contribution in [-0.2, 0) is 9.53 Å². The van der Waals surface area contributed by atoms with Gasteiger partial charge in [-0.1, -0.05) is 19.3 Å². The van der Waals surface area contributed by atoms with E-state index in [1.165, 1.54) is 32.1 Å². The molecule has 0 aromatic carbocycles. The van der Waals surface area contributed by atoms with E-state index in [1.54, 1.807) is 0 Å².